The zero-order valence-electron chi connectivity index (χ0n) is 21.2. The third kappa shape index (κ3) is 2.91. The normalized spacial score (nSPS) is 15.9. The van der Waals surface area contributed by atoms with Crippen LogP contribution in [0.1, 0.15) is 47.6 Å². The van der Waals surface area contributed by atoms with Crippen LogP contribution < -0.4 is 4.90 Å². The van der Waals surface area contributed by atoms with Crippen molar-refractivity contribution in [3.63, 3.8) is 0 Å². The second-order valence-electron chi connectivity index (χ2n) is 10.2. The summed E-state index contributed by atoms with van der Waals surface area (Å²) in [6.07, 6.45) is 1.79. The highest BCUT2D eigenvalue weighted by molar-refractivity contribution is 7.92. The molecule has 3 heterocycles. The lowest BCUT2D eigenvalue weighted by Crippen LogP contribution is -2.40. The Kier molecular flexibility index (Phi) is 4.91. The molecule has 0 radical (unpaired) electrons. The molecule has 0 aliphatic carbocycles. The molecular weight excluding hydrogens is 488 g/mol. The summed E-state index contributed by atoms with van der Waals surface area (Å²) in [6.45, 7) is 4.24. The predicted octanol–water partition coefficient (Wildman–Crippen LogP) is 7.52. The Bertz CT molecular complexity index is 1770. The molecule has 0 atom stereocenters. The van der Waals surface area contributed by atoms with Crippen LogP contribution in [0.25, 0.3) is 0 Å². The van der Waals surface area contributed by atoms with E-state index in [2.05, 4.69) is 55.1 Å². The maximum absolute atomic E-state index is 14.2. The lowest BCUT2D eigenvalue weighted by molar-refractivity contribution is 0.593. The standard InChI is InChI=1S/C33H26N2O2S/c1-22(2)23-18-19-29-28(21-23)35-31-26(15-9-17-30(31)38(29,36)37)33(24-11-5-3-6-12-24,25-13-7-4-8-14-25)27-16-10-20-34-32(27)35/h3-22H,1-2H3. The lowest BCUT2D eigenvalue weighted by atomic mass is 9.63. The van der Waals surface area contributed by atoms with Crippen molar-refractivity contribution in [2.24, 2.45) is 0 Å². The highest BCUT2D eigenvalue weighted by atomic mass is 32.2. The SMILES string of the molecule is CC(C)c1ccc2c(c1)N1c3ncccc3C(c3ccccc3)(c3ccccc3)c3cccc(c31)S2(=O)=O. The second-order valence-corrected chi connectivity index (χ2v) is 12.1. The van der Waals surface area contributed by atoms with E-state index >= 15 is 0 Å². The van der Waals surface area contributed by atoms with Crippen molar-refractivity contribution >= 4 is 27.0 Å². The fraction of sp³-hybridized carbons (Fsp3) is 0.121. The molecule has 2 aliphatic heterocycles. The van der Waals surface area contributed by atoms with Gasteiger partial charge in [-0.25, -0.2) is 13.4 Å². The number of sulfone groups is 1. The minimum absolute atomic E-state index is 0.250. The van der Waals surface area contributed by atoms with Crippen LogP contribution in [-0.4, -0.2) is 13.4 Å². The van der Waals surface area contributed by atoms with E-state index in [1.807, 2.05) is 60.7 Å². The van der Waals surface area contributed by atoms with E-state index in [9.17, 15) is 8.42 Å². The van der Waals surface area contributed by atoms with Crippen LogP contribution in [0, 0.1) is 0 Å². The first-order valence-corrected chi connectivity index (χ1v) is 14.3. The summed E-state index contributed by atoms with van der Waals surface area (Å²) in [5, 5.41) is 0. The average Bonchev–Trinajstić information content (AvgIpc) is 2.95. The van der Waals surface area contributed by atoms with Gasteiger partial charge in [0.25, 0.3) is 0 Å². The van der Waals surface area contributed by atoms with Gasteiger partial charge in [-0.2, -0.15) is 0 Å². The molecule has 5 aromatic rings. The van der Waals surface area contributed by atoms with E-state index < -0.39 is 15.3 Å². The first-order chi connectivity index (χ1) is 18.5. The largest absolute Gasteiger partial charge is 0.292 e. The predicted molar refractivity (Wildman–Crippen MR) is 150 cm³/mol. The topological polar surface area (TPSA) is 50.3 Å². The first kappa shape index (κ1) is 22.9. The summed E-state index contributed by atoms with van der Waals surface area (Å²) in [4.78, 5) is 7.65. The van der Waals surface area contributed by atoms with Crippen LogP contribution in [0.15, 0.2) is 125 Å². The molecule has 0 saturated heterocycles. The number of benzene rings is 4. The van der Waals surface area contributed by atoms with Crippen molar-refractivity contribution in [2.45, 2.75) is 35.0 Å². The minimum Gasteiger partial charge on any atom is -0.292 e. The third-order valence-electron chi connectivity index (χ3n) is 7.91. The molecule has 0 unspecified atom stereocenters. The van der Waals surface area contributed by atoms with Crippen molar-refractivity contribution in [1.29, 1.82) is 0 Å². The number of fused-ring (bicyclic) bond motifs is 4. The molecule has 1 aromatic heterocycles. The quantitative estimate of drug-likeness (QED) is 0.245. The summed E-state index contributed by atoms with van der Waals surface area (Å²) in [5.41, 5.74) is 5.74. The van der Waals surface area contributed by atoms with Gasteiger partial charge in [0, 0.05) is 11.8 Å². The van der Waals surface area contributed by atoms with Gasteiger partial charge in [-0.1, -0.05) is 98.8 Å². The van der Waals surface area contributed by atoms with Crippen LogP contribution in [0.2, 0.25) is 0 Å². The molecule has 4 nitrogen and oxygen atoms in total. The summed E-state index contributed by atoms with van der Waals surface area (Å²) in [7, 11) is -3.76. The molecule has 0 amide bonds. The lowest BCUT2D eigenvalue weighted by Gasteiger charge is -2.47. The number of aromatic nitrogens is 1. The Morgan fingerprint density at radius 1 is 0.711 bits per heavy atom. The molecule has 0 bridgehead atoms. The number of pyridine rings is 1. The van der Waals surface area contributed by atoms with Gasteiger partial charge in [-0.15, -0.1) is 0 Å². The zero-order chi connectivity index (χ0) is 26.1. The molecule has 7 rings (SSSR count). The maximum atomic E-state index is 14.2. The fourth-order valence-electron chi connectivity index (χ4n) is 6.20. The Morgan fingerprint density at radius 3 is 2.03 bits per heavy atom. The van der Waals surface area contributed by atoms with E-state index in [0.29, 0.717) is 21.2 Å². The van der Waals surface area contributed by atoms with Crippen molar-refractivity contribution in [3.05, 3.63) is 143 Å². The van der Waals surface area contributed by atoms with Crippen LogP contribution in [0.5, 0.6) is 0 Å². The number of hydrogen-bond donors (Lipinski definition) is 0. The molecule has 2 aliphatic rings. The highest BCUT2D eigenvalue weighted by Gasteiger charge is 2.51. The van der Waals surface area contributed by atoms with E-state index in [1.165, 1.54) is 0 Å². The van der Waals surface area contributed by atoms with Crippen LogP contribution in [-0.2, 0) is 15.3 Å². The molecule has 186 valence electrons. The Balaban J connectivity index is 1.69. The second kappa shape index (κ2) is 8.14. The molecule has 0 N–H and O–H groups in total. The fourth-order valence-corrected chi connectivity index (χ4v) is 7.83. The van der Waals surface area contributed by atoms with Crippen LogP contribution >= 0.6 is 0 Å². The Morgan fingerprint density at radius 2 is 1.37 bits per heavy atom. The Labute approximate surface area is 223 Å². The molecule has 0 fully saturated rings. The average molecular weight is 515 g/mol. The number of rotatable bonds is 3. The van der Waals surface area contributed by atoms with E-state index in [4.69, 9.17) is 4.98 Å². The summed E-state index contributed by atoms with van der Waals surface area (Å²) in [6, 6.07) is 36.2. The van der Waals surface area contributed by atoms with E-state index in [-0.39, 0.29) is 5.92 Å². The van der Waals surface area contributed by atoms with Gasteiger partial charge in [0.15, 0.2) is 0 Å². The number of nitrogens with zero attached hydrogens (tertiary/aromatic N) is 2. The van der Waals surface area contributed by atoms with Crippen LogP contribution in [0.3, 0.4) is 0 Å². The van der Waals surface area contributed by atoms with Gasteiger partial charge in [0.2, 0.25) is 9.84 Å². The van der Waals surface area contributed by atoms with E-state index in [0.717, 1.165) is 33.6 Å². The number of anilines is 3. The monoisotopic (exact) mass is 514 g/mol. The molecule has 38 heavy (non-hydrogen) atoms. The molecular formula is C33H26N2O2S. The minimum atomic E-state index is -3.76. The molecule has 4 aromatic carbocycles. The van der Waals surface area contributed by atoms with Gasteiger partial charge in [-0.05, 0) is 52.4 Å². The smallest absolute Gasteiger partial charge is 0.210 e. The van der Waals surface area contributed by atoms with Gasteiger partial charge < -0.3 is 0 Å². The van der Waals surface area contributed by atoms with Crippen molar-refractivity contribution in [3.8, 4) is 0 Å². The molecule has 5 heteroatoms. The summed E-state index contributed by atoms with van der Waals surface area (Å²) < 4.78 is 28.3. The van der Waals surface area contributed by atoms with Gasteiger partial charge in [-0.3, -0.25) is 4.90 Å². The zero-order valence-corrected chi connectivity index (χ0v) is 22.0. The number of para-hydroxylation sites is 1. The van der Waals surface area contributed by atoms with E-state index in [1.54, 1.807) is 18.3 Å². The third-order valence-corrected chi connectivity index (χ3v) is 9.75. The molecule has 0 spiro atoms. The Hall–Kier alpha value is -4.22. The van der Waals surface area contributed by atoms with Gasteiger partial charge >= 0.3 is 0 Å². The summed E-state index contributed by atoms with van der Waals surface area (Å²) in [5.74, 6) is 0.998. The van der Waals surface area contributed by atoms with Gasteiger partial charge in [0.05, 0.1) is 26.6 Å². The maximum Gasteiger partial charge on any atom is 0.210 e. The highest BCUT2D eigenvalue weighted by Crippen LogP contribution is 2.61. The van der Waals surface area contributed by atoms with Crippen LogP contribution in [0.4, 0.5) is 17.2 Å². The van der Waals surface area contributed by atoms with Crippen molar-refractivity contribution < 1.29 is 8.42 Å². The summed E-state index contributed by atoms with van der Waals surface area (Å²) >= 11 is 0. The number of hydrogen-bond acceptors (Lipinski definition) is 4. The van der Waals surface area contributed by atoms with Crippen molar-refractivity contribution in [1.82, 2.24) is 4.98 Å². The first-order valence-electron chi connectivity index (χ1n) is 12.8. The van der Waals surface area contributed by atoms with Gasteiger partial charge in [0.1, 0.15) is 5.82 Å². The van der Waals surface area contributed by atoms with Crippen molar-refractivity contribution in [2.75, 3.05) is 4.90 Å². The molecule has 0 saturated carbocycles.